The van der Waals surface area contributed by atoms with Crippen LogP contribution in [0.1, 0.15) is 27.8 Å². The third-order valence-corrected chi connectivity index (χ3v) is 3.53. The molecular formula is C17H15FN4O. The Labute approximate surface area is 132 Å². The highest BCUT2D eigenvalue weighted by atomic mass is 19.1. The lowest BCUT2D eigenvalue weighted by atomic mass is 10.0. The van der Waals surface area contributed by atoms with Crippen LogP contribution in [-0.2, 0) is 7.05 Å². The van der Waals surface area contributed by atoms with E-state index in [1.54, 1.807) is 60.5 Å². The summed E-state index contributed by atoms with van der Waals surface area (Å²) in [5.41, 5.74) is 0.766. The highest BCUT2D eigenvalue weighted by molar-refractivity contribution is 5.94. The smallest absolute Gasteiger partial charge is 0.253 e. The van der Waals surface area contributed by atoms with E-state index in [0.717, 1.165) is 0 Å². The Morgan fingerprint density at radius 1 is 1.22 bits per heavy atom. The maximum atomic E-state index is 14.2. The number of aryl methyl sites for hydroxylation is 1. The molecule has 2 heterocycles. The SMILES string of the molecule is Cn1ccnc1C(NC(=O)c1cccnc1)c1ccccc1F. The predicted molar refractivity (Wildman–Crippen MR) is 83.2 cm³/mol. The first-order valence-corrected chi connectivity index (χ1v) is 7.09. The molecule has 0 radical (unpaired) electrons. The molecule has 0 fully saturated rings. The number of benzene rings is 1. The van der Waals surface area contributed by atoms with E-state index in [1.807, 2.05) is 0 Å². The fourth-order valence-corrected chi connectivity index (χ4v) is 2.36. The molecule has 0 bridgehead atoms. The molecule has 1 atom stereocenters. The average Bonchev–Trinajstić information content (AvgIpc) is 3.00. The lowest BCUT2D eigenvalue weighted by Gasteiger charge is -2.19. The number of imidazole rings is 1. The molecule has 0 aliphatic heterocycles. The second-order valence-electron chi connectivity index (χ2n) is 5.07. The number of pyridine rings is 1. The fraction of sp³-hybridized carbons (Fsp3) is 0.118. The van der Waals surface area contributed by atoms with Crippen LogP contribution in [0.3, 0.4) is 0 Å². The van der Waals surface area contributed by atoms with Crippen LogP contribution >= 0.6 is 0 Å². The molecule has 0 aliphatic carbocycles. The number of nitrogens with one attached hydrogen (secondary N) is 1. The summed E-state index contributed by atoms with van der Waals surface area (Å²) < 4.78 is 16.0. The van der Waals surface area contributed by atoms with Crippen molar-refractivity contribution in [2.24, 2.45) is 7.05 Å². The topological polar surface area (TPSA) is 59.8 Å². The van der Waals surface area contributed by atoms with Crippen molar-refractivity contribution in [2.75, 3.05) is 0 Å². The first-order valence-electron chi connectivity index (χ1n) is 7.09. The van der Waals surface area contributed by atoms with Gasteiger partial charge in [0.15, 0.2) is 0 Å². The molecule has 1 unspecified atom stereocenters. The van der Waals surface area contributed by atoms with Gasteiger partial charge in [-0.15, -0.1) is 0 Å². The molecule has 2 aromatic heterocycles. The predicted octanol–water partition coefficient (Wildman–Crippen LogP) is 2.47. The summed E-state index contributed by atoms with van der Waals surface area (Å²) in [6.45, 7) is 0. The molecule has 116 valence electrons. The number of nitrogens with zero attached hydrogens (tertiary/aromatic N) is 3. The van der Waals surface area contributed by atoms with Gasteiger partial charge in [-0.25, -0.2) is 9.37 Å². The quantitative estimate of drug-likeness (QED) is 0.805. The number of hydrogen-bond acceptors (Lipinski definition) is 3. The third-order valence-electron chi connectivity index (χ3n) is 3.53. The van der Waals surface area contributed by atoms with Crippen molar-refractivity contribution in [1.29, 1.82) is 0 Å². The van der Waals surface area contributed by atoms with E-state index in [9.17, 15) is 9.18 Å². The van der Waals surface area contributed by atoms with Crippen molar-refractivity contribution in [3.05, 3.63) is 84.0 Å². The highest BCUT2D eigenvalue weighted by Crippen LogP contribution is 2.23. The molecule has 1 aromatic carbocycles. The number of carbonyl (C=O) groups excluding carboxylic acids is 1. The van der Waals surface area contributed by atoms with Crippen LogP contribution in [-0.4, -0.2) is 20.4 Å². The van der Waals surface area contributed by atoms with Crippen molar-refractivity contribution in [2.45, 2.75) is 6.04 Å². The summed E-state index contributed by atoms with van der Waals surface area (Å²) in [6.07, 6.45) is 6.41. The molecule has 0 saturated heterocycles. The van der Waals surface area contributed by atoms with Crippen molar-refractivity contribution >= 4 is 5.91 Å². The van der Waals surface area contributed by atoms with E-state index in [-0.39, 0.29) is 5.91 Å². The number of aromatic nitrogens is 3. The Kier molecular flexibility index (Phi) is 4.14. The number of carbonyl (C=O) groups is 1. The first-order chi connectivity index (χ1) is 11.2. The van der Waals surface area contributed by atoms with Gasteiger partial charge in [0.2, 0.25) is 0 Å². The lowest BCUT2D eigenvalue weighted by molar-refractivity contribution is 0.0940. The van der Waals surface area contributed by atoms with E-state index < -0.39 is 11.9 Å². The van der Waals surface area contributed by atoms with Crippen molar-refractivity contribution < 1.29 is 9.18 Å². The monoisotopic (exact) mass is 310 g/mol. The lowest BCUT2D eigenvalue weighted by Crippen LogP contribution is -2.31. The summed E-state index contributed by atoms with van der Waals surface area (Å²) in [5.74, 6) is -0.186. The molecular weight excluding hydrogens is 295 g/mol. The summed E-state index contributed by atoms with van der Waals surface area (Å²) in [7, 11) is 1.80. The van der Waals surface area contributed by atoms with E-state index >= 15 is 0 Å². The normalized spacial score (nSPS) is 11.9. The Morgan fingerprint density at radius 3 is 2.70 bits per heavy atom. The zero-order chi connectivity index (χ0) is 16.2. The standard InChI is InChI=1S/C17H15FN4O/c1-22-10-9-20-16(22)15(13-6-2-3-7-14(13)18)21-17(23)12-5-4-8-19-11-12/h2-11,15H,1H3,(H,21,23). The van der Waals surface area contributed by atoms with Crippen molar-refractivity contribution in [3.8, 4) is 0 Å². The van der Waals surface area contributed by atoms with Gasteiger partial charge in [-0.3, -0.25) is 9.78 Å². The van der Waals surface area contributed by atoms with Gasteiger partial charge in [0, 0.05) is 37.4 Å². The molecule has 5 nitrogen and oxygen atoms in total. The van der Waals surface area contributed by atoms with Crippen molar-refractivity contribution in [3.63, 3.8) is 0 Å². The Morgan fingerprint density at radius 2 is 2.04 bits per heavy atom. The Balaban J connectivity index is 1.98. The molecule has 3 rings (SSSR count). The maximum Gasteiger partial charge on any atom is 0.253 e. The average molecular weight is 310 g/mol. The van der Waals surface area contributed by atoms with Crippen LogP contribution in [0, 0.1) is 5.82 Å². The van der Waals surface area contributed by atoms with E-state index in [2.05, 4.69) is 15.3 Å². The van der Waals surface area contributed by atoms with Gasteiger partial charge in [0.1, 0.15) is 17.7 Å². The largest absolute Gasteiger partial charge is 0.338 e. The van der Waals surface area contributed by atoms with Crippen LogP contribution in [0.25, 0.3) is 0 Å². The molecule has 0 saturated carbocycles. The van der Waals surface area contributed by atoms with E-state index in [0.29, 0.717) is 17.0 Å². The molecule has 3 aromatic rings. The van der Waals surface area contributed by atoms with Gasteiger partial charge in [-0.2, -0.15) is 0 Å². The summed E-state index contributed by atoms with van der Waals surface area (Å²) in [5, 5.41) is 2.83. The Bertz CT molecular complexity index is 816. The van der Waals surface area contributed by atoms with Gasteiger partial charge in [-0.05, 0) is 18.2 Å². The zero-order valence-electron chi connectivity index (χ0n) is 12.5. The van der Waals surface area contributed by atoms with Gasteiger partial charge < -0.3 is 9.88 Å². The fourth-order valence-electron chi connectivity index (χ4n) is 2.36. The van der Waals surface area contributed by atoms with Gasteiger partial charge >= 0.3 is 0 Å². The second-order valence-corrected chi connectivity index (χ2v) is 5.07. The summed E-state index contributed by atoms with van der Waals surface area (Å²) >= 11 is 0. The molecule has 0 spiro atoms. The molecule has 0 aliphatic rings. The van der Waals surface area contributed by atoms with Crippen LogP contribution in [0.2, 0.25) is 0 Å². The van der Waals surface area contributed by atoms with E-state index in [4.69, 9.17) is 0 Å². The summed E-state index contributed by atoms with van der Waals surface area (Å²) in [4.78, 5) is 20.6. The number of amides is 1. The van der Waals surface area contributed by atoms with Gasteiger partial charge in [0.05, 0.1) is 5.56 Å². The number of hydrogen-bond donors (Lipinski definition) is 1. The van der Waals surface area contributed by atoms with Crippen LogP contribution < -0.4 is 5.32 Å². The minimum absolute atomic E-state index is 0.339. The number of rotatable bonds is 4. The highest BCUT2D eigenvalue weighted by Gasteiger charge is 2.23. The molecule has 6 heteroatoms. The molecule has 23 heavy (non-hydrogen) atoms. The number of halogens is 1. The summed E-state index contributed by atoms with van der Waals surface area (Å²) in [6, 6.07) is 8.97. The third kappa shape index (κ3) is 3.11. The van der Waals surface area contributed by atoms with Crippen LogP contribution in [0.4, 0.5) is 4.39 Å². The maximum absolute atomic E-state index is 14.2. The second kappa shape index (κ2) is 6.39. The minimum Gasteiger partial charge on any atom is -0.338 e. The van der Waals surface area contributed by atoms with Gasteiger partial charge in [-0.1, -0.05) is 18.2 Å². The Hall–Kier alpha value is -3.02. The van der Waals surface area contributed by atoms with Gasteiger partial charge in [0.25, 0.3) is 5.91 Å². The zero-order valence-corrected chi connectivity index (χ0v) is 12.5. The minimum atomic E-state index is -0.691. The van der Waals surface area contributed by atoms with Crippen LogP contribution in [0.5, 0.6) is 0 Å². The molecule has 1 amide bonds. The van der Waals surface area contributed by atoms with Crippen molar-refractivity contribution in [1.82, 2.24) is 19.9 Å². The van der Waals surface area contributed by atoms with E-state index in [1.165, 1.54) is 12.3 Å². The first kappa shape index (κ1) is 14.9. The molecule has 1 N–H and O–H groups in total. The van der Waals surface area contributed by atoms with Crippen LogP contribution in [0.15, 0.2) is 61.2 Å².